The quantitative estimate of drug-likeness (QED) is 0.758. The Hall–Kier alpha value is -1.85. The summed E-state index contributed by atoms with van der Waals surface area (Å²) in [4.78, 5) is 6.75. The van der Waals surface area contributed by atoms with Gasteiger partial charge in [0.05, 0.1) is 19.3 Å². The Kier molecular flexibility index (Phi) is 7.10. The Morgan fingerprint density at radius 3 is 2.65 bits per heavy atom. The first kappa shape index (κ1) is 17.5. The number of allylic oxidation sites excluding steroid dienone is 2. The van der Waals surface area contributed by atoms with Crippen molar-refractivity contribution in [3.05, 3.63) is 47.8 Å². The van der Waals surface area contributed by atoms with Crippen molar-refractivity contribution < 1.29 is 9.47 Å². The van der Waals surface area contributed by atoms with Crippen molar-refractivity contribution in [1.82, 2.24) is 9.88 Å². The molecule has 5 heteroatoms. The average Bonchev–Trinajstić information content (AvgIpc) is 2.57. The highest BCUT2D eigenvalue weighted by Crippen LogP contribution is 2.21. The van der Waals surface area contributed by atoms with Crippen LogP contribution >= 0.6 is 0 Å². The molecule has 0 aromatic carbocycles. The number of hydrogen-bond acceptors (Lipinski definition) is 5. The standard InChI is InChI=1S/C18H27N3O2/c1-15-6-5-9-19-18(15)20-16-7-4-8-17(14-16)21(10-12-22-2)11-13-23-3/h4-9,16H,10-14H2,1-3H3,(H,19,20). The van der Waals surface area contributed by atoms with E-state index in [1.54, 1.807) is 14.2 Å². The third-order valence-electron chi connectivity index (χ3n) is 3.93. The Morgan fingerprint density at radius 1 is 1.26 bits per heavy atom. The molecule has 5 nitrogen and oxygen atoms in total. The van der Waals surface area contributed by atoms with Gasteiger partial charge in [0.15, 0.2) is 0 Å². The second kappa shape index (κ2) is 9.33. The summed E-state index contributed by atoms with van der Waals surface area (Å²) >= 11 is 0. The number of aryl methyl sites for hydroxylation is 1. The van der Waals surface area contributed by atoms with Gasteiger partial charge in [-0.15, -0.1) is 0 Å². The first-order valence-corrected chi connectivity index (χ1v) is 8.03. The minimum absolute atomic E-state index is 0.246. The van der Waals surface area contributed by atoms with Crippen LogP contribution in [0.2, 0.25) is 0 Å². The van der Waals surface area contributed by atoms with E-state index in [-0.39, 0.29) is 6.04 Å². The maximum Gasteiger partial charge on any atom is 0.129 e. The molecule has 1 unspecified atom stereocenters. The molecule has 126 valence electrons. The van der Waals surface area contributed by atoms with E-state index in [9.17, 15) is 0 Å². The molecule has 0 saturated heterocycles. The van der Waals surface area contributed by atoms with Gasteiger partial charge < -0.3 is 19.7 Å². The highest BCUT2D eigenvalue weighted by molar-refractivity contribution is 5.45. The minimum atomic E-state index is 0.246. The summed E-state index contributed by atoms with van der Waals surface area (Å²) in [5, 5.41) is 3.52. The van der Waals surface area contributed by atoms with Gasteiger partial charge >= 0.3 is 0 Å². The zero-order valence-corrected chi connectivity index (χ0v) is 14.3. The normalized spacial score (nSPS) is 17.0. The molecular formula is C18H27N3O2. The van der Waals surface area contributed by atoms with Crippen molar-refractivity contribution in [1.29, 1.82) is 0 Å². The Bertz CT molecular complexity index is 535. The molecule has 0 spiro atoms. The minimum Gasteiger partial charge on any atom is -0.383 e. The third kappa shape index (κ3) is 5.37. The molecule has 1 atom stereocenters. The number of nitrogens with zero attached hydrogens (tertiary/aromatic N) is 2. The lowest BCUT2D eigenvalue weighted by molar-refractivity contribution is 0.129. The molecule has 1 aliphatic rings. The van der Waals surface area contributed by atoms with Crippen LogP contribution in [0, 0.1) is 6.92 Å². The van der Waals surface area contributed by atoms with Crippen LogP contribution in [-0.4, -0.2) is 56.4 Å². The van der Waals surface area contributed by atoms with Gasteiger partial charge in [-0.2, -0.15) is 0 Å². The Labute approximate surface area is 139 Å². The number of ether oxygens (including phenoxy) is 2. The van der Waals surface area contributed by atoms with E-state index < -0.39 is 0 Å². The van der Waals surface area contributed by atoms with Crippen LogP contribution in [0.4, 0.5) is 5.82 Å². The number of rotatable bonds is 9. The maximum absolute atomic E-state index is 5.23. The van der Waals surface area contributed by atoms with E-state index in [0.717, 1.165) is 30.9 Å². The first-order valence-electron chi connectivity index (χ1n) is 8.03. The van der Waals surface area contributed by atoms with E-state index in [0.29, 0.717) is 13.2 Å². The molecule has 1 aromatic rings. The molecule has 1 aliphatic carbocycles. The number of nitrogens with one attached hydrogen (secondary N) is 1. The van der Waals surface area contributed by atoms with Gasteiger partial charge in [0.2, 0.25) is 0 Å². The molecule has 2 rings (SSSR count). The van der Waals surface area contributed by atoms with Gasteiger partial charge in [0.1, 0.15) is 5.82 Å². The first-order chi connectivity index (χ1) is 11.2. The number of pyridine rings is 1. The smallest absolute Gasteiger partial charge is 0.129 e. The maximum atomic E-state index is 5.23. The van der Waals surface area contributed by atoms with Crippen LogP contribution in [0.15, 0.2) is 42.3 Å². The summed E-state index contributed by atoms with van der Waals surface area (Å²) in [6, 6.07) is 4.28. The summed E-state index contributed by atoms with van der Waals surface area (Å²) in [6.07, 6.45) is 9.22. The summed E-state index contributed by atoms with van der Waals surface area (Å²) in [6.45, 7) is 5.23. The molecular weight excluding hydrogens is 290 g/mol. The van der Waals surface area contributed by atoms with Crippen molar-refractivity contribution in [2.75, 3.05) is 45.8 Å². The van der Waals surface area contributed by atoms with Gasteiger partial charge in [0.25, 0.3) is 0 Å². The molecule has 0 aliphatic heterocycles. The lowest BCUT2D eigenvalue weighted by Crippen LogP contribution is -2.33. The van der Waals surface area contributed by atoms with Crippen LogP contribution in [0.25, 0.3) is 0 Å². The third-order valence-corrected chi connectivity index (χ3v) is 3.93. The summed E-state index contributed by atoms with van der Waals surface area (Å²) < 4.78 is 10.5. The predicted octanol–water partition coefficient (Wildman–Crippen LogP) is 2.61. The Balaban J connectivity index is 1.99. The summed E-state index contributed by atoms with van der Waals surface area (Å²) in [5.74, 6) is 0.948. The fourth-order valence-corrected chi connectivity index (χ4v) is 2.61. The molecule has 1 heterocycles. The monoisotopic (exact) mass is 317 g/mol. The molecule has 0 saturated carbocycles. The van der Waals surface area contributed by atoms with E-state index in [4.69, 9.17) is 9.47 Å². The molecule has 0 fully saturated rings. The second-order valence-corrected chi connectivity index (χ2v) is 5.64. The lowest BCUT2D eigenvalue weighted by atomic mass is 10.0. The van der Waals surface area contributed by atoms with Crippen LogP contribution in [0.5, 0.6) is 0 Å². The van der Waals surface area contributed by atoms with Crippen LogP contribution in [0.1, 0.15) is 12.0 Å². The van der Waals surface area contributed by atoms with Crippen molar-refractivity contribution in [3.63, 3.8) is 0 Å². The number of aromatic nitrogens is 1. The van der Waals surface area contributed by atoms with Crippen LogP contribution in [0.3, 0.4) is 0 Å². The number of anilines is 1. The zero-order valence-electron chi connectivity index (χ0n) is 14.3. The van der Waals surface area contributed by atoms with Gasteiger partial charge in [-0.25, -0.2) is 4.98 Å². The Morgan fingerprint density at radius 2 is 2.00 bits per heavy atom. The molecule has 0 radical (unpaired) electrons. The highest BCUT2D eigenvalue weighted by atomic mass is 16.5. The van der Waals surface area contributed by atoms with Crippen molar-refractivity contribution >= 4 is 5.82 Å². The predicted molar refractivity (Wildman–Crippen MR) is 93.5 cm³/mol. The second-order valence-electron chi connectivity index (χ2n) is 5.64. The van der Waals surface area contributed by atoms with Crippen molar-refractivity contribution in [3.8, 4) is 0 Å². The largest absolute Gasteiger partial charge is 0.383 e. The van der Waals surface area contributed by atoms with Gasteiger partial charge in [-0.3, -0.25) is 0 Å². The van der Waals surface area contributed by atoms with Crippen molar-refractivity contribution in [2.24, 2.45) is 0 Å². The number of hydrogen-bond donors (Lipinski definition) is 1. The number of methoxy groups -OCH3 is 2. The zero-order chi connectivity index (χ0) is 16.5. The van der Waals surface area contributed by atoms with Crippen LogP contribution in [-0.2, 0) is 9.47 Å². The highest BCUT2D eigenvalue weighted by Gasteiger charge is 2.17. The fraction of sp³-hybridized carbons (Fsp3) is 0.500. The lowest BCUT2D eigenvalue weighted by Gasteiger charge is -2.31. The van der Waals surface area contributed by atoms with Crippen LogP contribution < -0.4 is 5.32 Å². The van der Waals surface area contributed by atoms with Crippen molar-refractivity contribution in [2.45, 2.75) is 19.4 Å². The SMILES string of the molecule is COCCN(CCOC)C1=CC=CC(Nc2ncccc2C)C1. The van der Waals surface area contributed by atoms with Gasteiger partial charge in [-0.05, 0) is 24.6 Å². The molecule has 1 N–H and O–H groups in total. The summed E-state index contributed by atoms with van der Waals surface area (Å²) in [5.41, 5.74) is 2.46. The van der Waals surface area contributed by atoms with E-state index in [1.165, 1.54) is 5.70 Å². The molecule has 0 amide bonds. The fourth-order valence-electron chi connectivity index (χ4n) is 2.61. The van der Waals surface area contributed by atoms with E-state index >= 15 is 0 Å². The summed E-state index contributed by atoms with van der Waals surface area (Å²) in [7, 11) is 3.47. The molecule has 0 bridgehead atoms. The molecule has 1 aromatic heterocycles. The van der Waals surface area contributed by atoms with Gasteiger partial charge in [0, 0.05) is 45.6 Å². The topological polar surface area (TPSA) is 46.6 Å². The van der Waals surface area contributed by atoms with E-state index in [2.05, 4.69) is 46.4 Å². The van der Waals surface area contributed by atoms with Gasteiger partial charge in [-0.1, -0.05) is 18.2 Å². The average molecular weight is 317 g/mol. The van der Waals surface area contributed by atoms with E-state index in [1.807, 2.05) is 12.3 Å². The molecule has 23 heavy (non-hydrogen) atoms.